The van der Waals surface area contributed by atoms with E-state index in [1.807, 2.05) is 25.2 Å². The molecule has 1 fully saturated rings. The van der Waals surface area contributed by atoms with Crippen molar-refractivity contribution in [2.45, 2.75) is 24.6 Å². The third-order valence-electron chi connectivity index (χ3n) is 2.39. The van der Waals surface area contributed by atoms with Gasteiger partial charge in [-0.25, -0.2) is 9.97 Å². The summed E-state index contributed by atoms with van der Waals surface area (Å²) in [5.74, 6) is 1.92. The van der Waals surface area contributed by atoms with Crippen molar-refractivity contribution in [3.05, 3.63) is 17.5 Å². The van der Waals surface area contributed by atoms with E-state index in [4.69, 9.17) is 11.6 Å². The average Bonchev–Trinajstić information content (AvgIpc) is 3.00. The molecule has 1 aliphatic rings. The zero-order valence-electron chi connectivity index (χ0n) is 8.50. The monoisotopic (exact) mass is 211 g/mol. The molecule has 1 aromatic rings. The molecule has 0 spiro atoms. The number of hydrogen-bond acceptors (Lipinski definition) is 3. The van der Waals surface area contributed by atoms with Crippen LogP contribution in [-0.4, -0.2) is 24.1 Å². The Morgan fingerprint density at radius 2 is 2.21 bits per heavy atom. The second-order valence-electron chi connectivity index (χ2n) is 3.88. The Balaban J connectivity index is 2.36. The summed E-state index contributed by atoms with van der Waals surface area (Å²) in [6.07, 6.45) is 4.34. The van der Waals surface area contributed by atoms with Gasteiger partial charge in [0.05, 0.1) is 11.6 Å². The van der Waals surface area contributed by atoms with E-state index in [1.54, 1.807) is 0 Å². The van der Waals surface area contributed by atoms with Crippen LogP contribution in [0.15, 0.2) is 6.20 Å². The lowest BCUT2D eigenvalue weighted by Crippen LogP contribution is -2.14. The van der Waals surface area contributed by atoms with Crippen molar-refractivity contribution < 1.29 is 0 Å². The van der Waals surface area contributed by atoms with Crippen molar-refractivity contribution in [3.8, 4) is 0 Å². The molecular weight excluding hydrogens is 198 g/mol. The first-order valence-electron chi connectivity index (χ1n) is 4.81. The molecule has 0 amide bonds. The second-order valence-corrected chi connectivity index (χ2v) is 4.15. The Morgan fingerprint density at radius 1 is 1.50 bits per heavy atom. The van der Waals surface area contributed by atoms with Gasteiger partial charge in [0.25, 0.3) is 0 Å². The number of halogens is 1. The first-order valence-corrected chi connectivity index (χ1v) is 5.35. The van der Waals surface area contributed by atoms with Crippen molar-refractivity contribution in [1.82, 2.24) is 9.97 Å². The van der Waals surface area contributed by atoms with E-state index in [0.717, 1.165) is 17.2 Å². The van der Waals surface area contributed by atoms with Crippen LogP contribution in [0.3, 0.4) is 0 Å². The minimum atomic E-state index is 0.513. The third-order valence-corrected chi connectivity index (χ3v) is 2.68. The summed E-state index contributed by atoms with van der Waals surface area (Å²) in [6.45, 7) is 0. The van der Waals surface area contributed by atoms with E-state index in [0.29, 0.717) is 11.8 Å². The Hall–Kier alpha value is -0.830. The fourth-order valence-electron chi connectivity index (χ4n) is 1.44. The first kappa shape index (κ1) is 9.71. The summed E-state index contributed by atoms with van der Waals surface area (Å²) in [6, 6.07) is 0. The number of hydrogen-bond donors (Lipinski definition) is 0. The van der Waals surface area contributed by atoms with Gasteiger partial charge in [-0.2, -0.15) is 0 Å². The molecule has 0 unspecified atom stereocenters. The molecule has 0 saturated heterocycles. The molecule has 14 heavy (non-hydrogen) atoms. The molecule has 76 valence electrons. The lowest BCUT2D eigenvalue weighted by Gasteiger charge is -2.12. The van der Waals surface area contributed by atoms with Gasteiger partial charge in [0.2, 0.25) is 5.95 Å². The molecule has 2 rings (SSSR count). The van der Waals surface area contributed by atoms with Gasteiger partial charge in [-0.1, -0.05) is 0 Å². The quantitative estimate of drug-likeness (QED) is 0.718. The van der Waals surface area contributed by atoms with Crippen LogP contribution in [0.4, 0.5) is 5.95 Å². The van der Waals surface area contributed by atoms with Crippen molar-refractivity contribution >= 4 is 17.5 Å². The van der Waals surface area contributed by atoms with Crippen LogP contribution >= 0.6 is 11.6 Å². The predicted molar refractivity (Wildman–Crippen MR) is 57.9 cm³/mol. The van der Waals surface area contributed by atoms with E-state index in [9.17, 15) is 0 Å². The summed E-state index contributed by atoms with van der Waals surface area (Å²) in [5.41, 5.74) is 2.23. The van der Waals surface area contributed by atoms with Crippen LogP contribution in [0.1, 0.15) is 30.0 Å². The van der Waals surface area contributed by atoms with Gasteiger partial charge < -0.3 is 4.90 Å². The standard InChI is InChI=1S/C10H14ClN3/c1-14(2)10-12-6-8(5-11)9(13-10)7-3-4-7/h6-7H,3-5H2,1-2H3. The normalized spacial score (nSPS) is 15.6. The highest BCUT2D eigenvalue weighted by molar-refractivity contribution is 6.17. The molecule has 0 N–H and O–H groups in total. The summed E-state index contributed by atoms with van der Waals surface area (Å²) in [7, 11) is 3.90. The molecule has 1 aromatic heterocycles. The van der Waals surface area contributed by atoms with Gasteiger partial charge >= 0.3 is 0 Å². The largest absolute Gasteiger partial charge is 0.347 e. The second kappa shape index (κ2) is 3.73. The molecular formula is C10H14ClN3. The number of rotatable bonds is 3. The van der Waals surface area contributed by atoms with E-state index in [1.165, 1.54) is 12.8 Å². The predicted octanol–water partition coefficient (Wildman–Crippen LogP) is 2.16. The smallest absolute Gasteiger partial charge is 0.225 e. The van der Waals surface area contributed by atoms with Crippen molar-refractivity contribution in [3.63, 3.8) is 0 Å². The molecule has 3 nitrogen and oxygen atoms in total. The minimum absolute atomic E-state index is 0.513. The molecule has 1 saturated carbocycles. The molecule has 0 aliphatic heterocycles. The molecule has 1 heterocycles. The average molecular weight is 212 g/mol. The van der Waals surface area contributed by atoms with Gasteiger partial charge in [0.15, 0.2) is 0 Å². The summed E-state index contributed by atoms with van der Waals surface area (Å²) >= 11 is 5.84. The lowest BCUT2D eigenvalue weighted by atomic mass is 10.2. The fourth-order valence-corrected chi connectivity index (χ4v) is 1.64. The van der Waals surface area contributed by atoms with Crippen molar-refractivity contribution in [2.75, 3.05) is 19.0 Å². The highest BCUT2D eigenvalue weighted by atomic mass is 35.5. The van der Waals surface area contributed by atoms with Gasteiger partial charge in [-0.05, 0) is 12.8 Å². The van der Waals surface area contributed by atoms with E-state index in [2.05, 4.69) is 9.97 Å². The maximum Gasteiger partial charge on any atom is 0.225 e. The molecule has 1 aliphatic carbocycles. The Bertz CT molecular complexity index is 334. The highest BCUT2D eigenvalue weighted by Gasteiger charge is 2.28. The third kappa shape index (κ3) is 1.82. The van der Waals surface area contributed by atoms with E-state index in [-0.39, 0.29) is 0 Å². The fraction of sp³-hybridized carbons (Fsp3) is 0.600. The van der Waals surface area contributed by atoms with Gasteiger partial charge in [0, 0.05) is 31.8 Å². The highest BCUT2D eigenvalue weighted by Crippen LogP contribution is 2.41. The number of nitrogens with zero attached hydrogens (tertiary/aromatic N) is 3. The van der Waals surface area contributed by atoms with Crippen LogP contribution in [0.5, 0.6) is 0 Å². The summed E-state index contributed by atoms with van der Waals surface area (Å²) in [5, 5.41) is 0. The Labute approximate surface area is 89.1 Å². The van der Waals surface area contributed by atoms with E-state index < -0.39 is 0 Å². The molecule has 0 bridgehead atoms. The lowest BCUT2D eigenvalue weighted by molar-refractivity contribution is 0.911. The zero-order chi connectivity index (χ0) is 10.1. The maximum absolute atomic E-state index is 5.84. The van der Waals surface area contributed by atoms with Gasteiger partial charge in [0.1, 0.15) is 0 Å². The van der Waals surface area contributed by atoms with Gasteiger partial charge in [-0.3, -0.25) is 0 Å². The SMILES string of the molecule is CN(C)c1ncc(CCl)c(C2CC2)n1. The van der Waals surface area contributed by atoms with Gasteiger partial charge in [-0.15, -0.1) is 11.6 Å². The Morgan fingerprint density at radius 3 is 2.71 bits per heavy atom. The summed E-state index contributed by atoms with van der Waals surface area (Å²) < 4.78 is 0. The van der Waals surface area contributed by atoms with E-state index >= 15 is 0 Å². The van der Waals surface area contributed by atoms with Crippen LogP contribution < -0.4 is 4.90 Å². The number of aromatic nitrogens is 2. The minimum Gasteiger partial charge on any atom is -0.347 e. The van der Waals surface area contributed by atoms with Crippen molar-refractivity contribution in [1.29, 1.82) is 0 Å². The Kier molecular flexibility index (Phi) is 2.59. The first-order chi connectivity index (χ1) is 6.72. The molecule has 0 atom stereocenters. The number of anilines is 1. The topological polar surface area (TPSA) is 29.0 Å². The van der Waals surface area contributed by atoms with Crippen LogP contribution in [-0.2, 0) is 5.88 Å². The van der Waals surface area contributed by atoms with Crippen LogP contribution in [0.25, 0.3) is 0 Å². The van der Waals surface area contributed by atoms with Crippen LogP contribution in [0.2, 0.25) is 0 Å². The molecule has 4 heteroatoms. The molecule has 0 radical (unpaired) electrons. The summed E-state index contributed by atoms with van der Waals surface area (Å²) in [4.78, 5) is 10.7. The maximum atomic E-state index is 5.84. The molecule has 0 aromatic carbocycles. The van der Waals surface area contributed by atoms with Crippen LogP contribution in [0, 0.1) is 0 Å². The van der Waals surface area contributed by atoms with Crippen molar-refractivity contribution in [2.24, 2.45) is 0 Å². The number of alkyl halides is 1. The zero-order valence-corrected chi connectivity index (χ0v) is 9.25.